The fraction of sp³-hybridized carbons (Fsp3) is 0.188. The third-order valence-electron chi connectivity index (χ3n) is 2.83. The Morgan fingerprint density at radius 2 is 2.10 bits per heavy atom. The number of furan rings is 1. The fourth-order valence-electron chi connectivity index (χ4n) is 1.76. The molecule has 0 radical (unpaired) electrons. The van der Waals surface area contributed by atoms with Crippen LogP contribution in [0.5, 0.6) is 0 Å². The minimum atomic E-state index is -0.279. The van der Waals surface area contributed by atoms with Crippen LogP contribution in [-0.4, -0.2) is 19.6 Å². The summed E-state index contributed by atoms with van der Waals surface area (Å²) in [5, 5.41) is 2.78. The first-order valence-corrected chi connectivity index (χ1v) is 6.37. The molecule has 0 fully saturated rings. The van der Waals surface area contributed by atoms with Crippen LogP contribution in [0.1, 0.15) is 17.4 Å². The van der Waals surface area contributed by atoms with Crippen LogP contribution < -0.4 is 5.32 Å². The van der Waals surface area contributed by atoms with Gasteiger partial charge in [-0.05, 0) is 23.8 Å². The summed E-state index contributed by atoms with van der Waals surface area (Å²) < 4.78 is 10.5. The summed E-state index contributed by atoms with van der Waals surface area (Å²) in [6.07, 6.45) is 4.58. The minimum absolute atomic E-state index is 0.164. The highest BCUT2D eigenvalue weighted by Gasteiger charge is 2.13. The lowest BCUT2D eigenvalue weighted by atomic mass is 10.2. The van der Waals surface area contributed by atoms with Crippen molar-refractivity contribution < 1.29 is 13.9 Å². The summed E-state index contributed by atoms with van der Waals surface area (Å²) in [7, 11) is 1.58. The zero-order valence-electron chi connectivity index (χ0n) is 11.3. The van der Waals surface area contributed by atoms with Gasteiger partial charge >= 0.3 is 0 Å². The number of hydrogen-bond acceptors (Lipinski definition) is 3. The minimum Gasteiger partial charge on any atom is -0.467 e. The van der Waals surface area contributed by atoms with Gasteiger partial charge in [-0.3, -0.25) is 4.79 Å². The number of carbonyl (C=O) groups excluding carboxylic acids is 1. The van der Waals surface area contributed by atoms with Gasteiger partial charge in [0.15, 0.2) is 0 Å². The van der Waals surface area contributed by atoms with E-state index in [0.29, 0.717) is 12.3 Å². The second-order valence-corrected chi connectivity index (χ2v) is 4.23. The number of nitrogens with one attached hydrogen (secondary N) is 1. The highest BCUT2D eigenvalue weighted by atomic mass is 16.5. The Morgan fingerprint density at radius 1 is 1.30 bits per heavy atom. The lowest BCUT2D eigenvalue weighted by Crippen LogP contribution is -2.27. The highest BCUT2D eigenvalue weighted by molar-refractivity contribution is 5.91. The van der Waals surface area contributed by atoms with Gasteiger partial charge in [-0.1, -0.05) is 30.3 Å². The van der Waals surface area contributed by atoms with Crippen LogP contribution in [0.4, 0.5) is 0 Å². The van der Waals surface area contributed by atoms with Crippen LogP contribution in [0.3, 0.4) is 0 Å². The van der Waals surface area contributed by atoms with Crippen molar-refractivity contribution in [2.75, 3.05) is 13.7 Å². The van der Waals surface area contributed by atoms with Gasteiger partial charge in [-0.15, -0.1) is 0 Å². The van der Waals surface area contributed by atoms with E-state index < -0.39 is 0 Å². The molecule has 0 aliphatic rings. The molecule has 1 N–H and O–H groups in total. The van der Waals surface area contributed by atoms with Crippen molar-refractivity contribution in [3.63, 3.8) is 0 Å². The fourth-order valence-corrected chi connectivity index (χ4v) is 1.76. The summed E-state index contributed by atoms with van der Waals surface area (Å²) in [5.74, 6) is 0.530. The van der Waals surface area contributed by atoms with Gasteiger partial charge in [0.1, 0.15) is 11.9 Å². The monoisotopic (exact) mass is 271 g/mol. The number of hydrogen-bond donors (Lipinski definition) is 1. The standard InChI is InChI=1S/C16H17NO3/c1-19-15(14-8-5-11-20-14)12-17-16(18)10-9-13-6-3-2-4-7-13/h2-11,15H,12H2,1H3,(H,17,18)/b10-9+. The first-order chi connectivity index (χ1) is 9.79. The summed E-state index contributed by atoms with van der Waals surface area (Å²) in [6, 6.07) is 13.3. The molecule has 1 heterocycles. The lowest BCUT2D eigenvalue weighted by molar-refractivity contribution is -0.117. The molecule has 0 spiro atoms. The smallest absolute Gasteiger partial charge is 0.244 e. The Bertz CT molecular complexity index is 546. The Kier molecular flexibility index (Phi) is 5.15. The normalized spacial score (nSPS) is 12.4. The average Bonchev–Trinajstić information content (AvgIpc) is 3.01. The zero-order chi connectivity index (χ0) is 14.2. The van der Waals surface area contributed by atoms with E-state index in [2.05, 4.69) is 5.32 Å². The van der Waals surface area contributed by atoms with Crippen LogP contribution >= 0.6 is 0 Å². The molecule has 1 amide bonds. The molecule has 0 saturated heterocycles. The molecule has 1 aromatic carbocycles. The van der Waals surface area contributed by atoms with Crippen LogP contribution in [0.25, 0.3) is 6.08 Å². The maximum absolute atomic E-state index is 11.7. The predicted octanol–water partition coefficient (Wildman–Crippen LogP) is 2.80. The topological polar surface area (TPSA) is 51.5 Å². The predicted molar refractivity (Wildman–Crippen MR) is 76.9 cm³/mol. The van der Waals surface area contributed by atoms with Gasteiger partial charge in [0.2, 0.25) is 5.91 Å². The van der Waals surface area contributed by atoms with E-state index in [-0.39, 0.29) is 12.0 Å². The number of benzene rings is 1. The number of ether oxygens (including phenoxy) is 1. The first kappa shape index (κ1) is 14.1. The Labute approximate surface area is 118 Å². The second-order valence-electron chi connectivity index (χ2n) is 4.23. The molecule has 0 aliphatic heterocycles. The van der Waals surface area contributed by atoms with Crippen molar-refractivity contribution in [2.24, 2.45) is 0 Å². The number of carbonyl (C=O) groups is 1. The van der Waals surface area contributed by atoms with E-state index in [1.54, 1.807) is 25.5 Å². The third-order valence-corrected chi connectivity index (χ3v) is 2.83. The largest absolute Gasteiger partial charge is 0.467 e. The van der Waals surface area contributed by atoms with Crippen molar-refractivity contribution >= 4 is 12.0 Å². The molecular weight excluding hydrogens is 254 g/mol. The highest BCUT2D eigenvalue weighted by Crippen LogP contribution is 2.15. The van der Waals surface area contributed by atoms with E-state index in [9.17, 15) is 4.79 Å². The molecule has 1 atom stereocenters. The van der Waals surface area contributed by atoms with E-state index in [4.69, 9.17) is 9.15 Å². The number of amides is 1. The third kappa shape index (κ3) is 4.10. The van der Waals surface area contributed by atoms with Crippen LogP contribution in [-0.2, 0) is 9.53 Å². The second kappa shape index (κ2) is 7.31. The quantitative estimate of drug-likeness (QED) is 0.822. The van der Waals surface area contributed by atoms with Crippen molar-refractivity contribution in [3.8, 4) is 0 Å². The Balaban J connectivity index is 1.84. The van der Waals surface area contributed by atoms with Crippen molar-refractivity contribution in [1.82, 2.24) is 5.32 Å². The first-order valence-electron chi connectivity index (χ1n) is 6.37. The van der Waals surface area contributed by atoms with Crippen LogP contribution in [0.15, 0.2) is 59.2 Å². The summed E-state index contributed by atoms with van der Waals surface area (Å²) >= 11 is 0. The molecule has 1 unspecified atom stereocenters. The molecule has 2 rings (SSSR count). The maximum Gasteiger partial charge on any atom is 0.244 e. The van der Waals surface area contributed by atoms with Crippen LogP contribution in [0, 0.1) is 0 Å². The number of methoxy groups -OCH3 is 1. The van der Waals surface area contributed by atoms with E-state index >= 15 is 0 Å². The molecular formula is C16H17NO3. The van der Waals surface area contributed by atoms with Gasteiger partial charge in [0, 0.05) is 13.2 Å². The summed E-state index contributed by atoms with van der Waals surface area (Å²) in [6.45, 7) is 0.363. The van der Waals surface area contributed by atoms with E-state index in [1.807, 2.05) is 36.4 Å². The Hall–Kier alpha value is -2.33. The average molecular weight is 271 g/mol. The lowest BCUT2D eigenvalue weighted by Gasteiger charge is -2.12. The van der Waals surface area contributed by atoms with Gasteiger partial charge in [0.25, 0.3) is 0 Å². The summed E-state index contributed by atoms with van der Waals surface area (Å²) in [4.78, 5) is 11.7. The van der Waals surface area contributed by atoms with E-state index in [0.717, 1.165) is 5.56 Å². The molecule has 0 saturated carbocycles. The Morgan fingerprint density at radius 3 is 2.75 bits per heavy atom. The molecule has 1 aromatic heterocycles. The van der Waals surface area contributed by atoms with Crippen LogP contribution in [0.2, 0.25) is 0 Å². The molecule has 4 nitrogen and oxygen atoms in total. The molecule has 4 heteroatoms. The zero-order valence-corrected chi connectivity index (χ0v) is 11.3. The van der Waals surface area contributed by atoms with Crippen molar-refractivity contribution in [1.29, 1.82) is 0 Å². The van der Waals surface area contributed by atoms with Gasteiger partial charge in [-0.2, -0.15) is 0 Å². The molecule has 20 heavy (non-hydrogen) atoms. The summed E-state index contributed by atoms with van der Waals surface area (Å²) in [5.41, 5.74) is 0.983. The molecule has 104 valence electrons. The van der Waals surface area contributed by atoms with E-state index in [1.165, 1.54) is 6.08 Å². The van der Waals surface area contributed by atoms with Crippen molar-refractivity contribution in [2.45, 2.75) is 6.10 Å². The number of rotatable bonds is 6. The molecule has 0 bridgehead atoms. The maximum atomic E-state index is 11.7. The van der Waals surface area contributed by atoms with Gasteiger partial charge in [-0.25, -0.2) is 0 Å². The molecule has 2 aromatic rings. The van der Waals surface area contributed by atoms with Gasteiger partial charge < -0.3 is 14.5 Å². The van der Waals surface area contributed by atoms with Gasteiger partial charge in [0.05, 0.1) is 12.8 Å². The SMILES string of the molecule is COC(CNC(=O)/C=C/c1ccccc1)c1ccco1. The van der Waals surface area contributed by atoms with Crippen molar-refractivity contribution in [3.05, 3.63) is 66.1 Å². The molecule has 0 aliphatic carbocycles.